The molecule has 2 aromatic heterocycles. The highest BCUT2D eigenvalue weighted by Crippen LogP contribution is 2.33. The van der Waals surface area contributed by atoms with Crippen LogP contribution in [-0.4, -0.2) is 58.4 Å². The second-order valence-corrected chi connectivity index (χ2v) is 8.31. The van der Waals surface area contributed by atoms with Crippen LogP contribution in [0.15, 0.2) is 36.9 Å². The van der Waals surface area contributed by atoms with Gasteiger partial charge in [0.2, 0.25) is 0 Å². The lowest BCUT2D eigenvalue weighted by Gasteiger charge is -2.31. The number of nitrogens with zero attached hydrogens (tertiary/aromatic N) is 5. The first-order chi connectivity index (χ1) is 15.2. The molecule has 1 aliphatic carbocycles. The number of nitrogens with one attached hydrogen (secondary N) is 1. The first kappa shape index (κ1) is 20.2. The molecule has 1 saturated heterocycles. The van der Waals surface area contributed by atoms with Crippen molar-refractivity contribution < 1.29 is 9.47 Å². The maximum atomic E-state index is 6.48. The Bertz CT molecular complexity index is 1020. The van der Waals surface area contributed by atoms with E-state index in [1.807, 2.05) is 0 Å². The van der Waals surface area contributed by atoms with Gasteiger partial charge < -0.3 is 19.7 Å². The zero-order chi connectivity index (χ0) is 21.0. The maximum absolute atomic E-state index is 6.48. The van der Waals surface area contributed by atoms with E-state index in [4.69, 9.17) is 21.1 Å². The van der Waals surface area contributed by atoms with Crippen molar-refractivity contribution in [1.29, 1.82) is 0 Å². The van der Waals surface area contributed by atoms with Gasteiger partial charge in [-0.2, -0.15) is 0 Å². The minimum absolute atomic E-state index is 0.152. The van der Waals surface area contributed by atoms with Crippen LogP contribution in [0.3, 0.4) is 0 Å². The van der Waals surface area contributed by atoms with Crippen molar-refractivity contribution in [2.45, 2.75) is 37.8 Å². The van der Waals surface area contributed by atoms with Gasteiger partial charge >= 0.3 is 0 Å². The van der Waals surface area contributed by atoms with E-state index in [0.29, 0.717) is 11.2 Å². The van der Waals surface area contributed by atoms with Gasteiger partial charge in [-0.05, 0) is 31.7 Å². The van der Waals surface area contributed by atoms with Crippen molar-refractivity contribution in [3.05, 3.63) is 42.1 Å². The number of hydrogen-bond donors (Lipinski definition) is 1. The van der Waals surface area contributed by atoms with Crippen LogP contribution in [0.5, 0.6) is 5.75 Å². The van der Waals surface area contributed by atoms with Gasteiger partial charge in [-0.25, -0.2) is 15.0 Å². The molecule has 0 amide bonds. The molecule has 0 radical (unpaired) electrons. The van der Waals surface area contributed by atoms with E-state index in [9.17, 15) is 0 Å². The first-order valence-corrected chi connectivity index (χ1v) is 11.1. The highest BCUT2D eigenvalue weighted by molar-refractivity contribution is 6.29. The van der Waals surface area contributed by atoms with Crippen molar-refractivity contribution in [2.24, 2.45) is 0 Å². The monoisotopic (exact) mass is 440 g/mol. The van der Waals surface area contributed by atoms with Gasteiger partial charge in [0.1, 0.15) is 22.2 Å². The summed E-state index contributed by atoms with van der Waals surface area (Å²) >= 11 is 5.82. The molecule has 31 heavy (non-hydrogen) atoms. The Kier molecular flexibility index (Phi) is 5.99. The smallest absolute Gasteiger partial charge is 0.149 e. The summed E-state index contributed by atoms with van der Waals surface area (Å²) < 4.78 is 12.0. The molecule has 0 bridgehead atoms. The van der Waals surface area contributed by atoms with Gasteiger partial charge in [0.15, 0.2) is 0 Å². The zero-order valence-corrected chi connectivity index (χ0v) is 18.0. The van der Waals surface area contributed by atoms with Crippen LogP contribution in [0, 0.1) is 0 Å². The third kappa shape index (κ3) is 4.80. The number of rotatable bonds is 5. The molecule has 162 valence electrons. The average Bonchev–Trinajstić information content (AvgIpc) is 2.82. The van der Waals surface area contributed by atoms with Crippen LogP contribution in [0.4, 0.5) is 11.5 Å². The van der Waals surface area contributed by atoms with Crippen LogP contribution in [0.1, 0.15) is 25.7 Å². The van der Waals surface area contributed by atoms with E-state index < -0.39 is 0 Å². The van der Waals surface area contributed by atoms with E-state index in [2.05, 4.69) is 42.3 Å². The van der Waals surface area contributed by atoms with E-state index in [0.717, 1.165) is 80.3 Å². The predicted octanol–water partition coefficient (Wildman–Crippen LogP) is 3.71. The highest BCUT2D eigenvalue weighted by atomic mass is 35.5. The largest absolute Gasteiger partial charge is 0.488 e. The summed E-state index contributed by atoms with van der Waals surface area (Å²) in [6.07, 6.45) is 10.8. The van der Waals surface area contributed by atoms with Crippen LogP contribution >= 0.6 is 11.6 Å². The SMILES string of the molecule is Clc1cnc(N[C@H]2CC[C@@H](Oc3cc(N4CCOCC4)cc4nccnc34)CC2)cn1. The maximum Gasteiger partial charge on any atom is 0.149 e. The van der Waals surface area contributed by atoms with Gasteiger partial charge in [-0.15, -0.1) is 0 Å². The van der Waals surface area contributed by atoms with Crippen molar-refractivity contribution in [3.8, 4) is 5.75 Å². The molecular formula is C22H25ClN6O2. The molecule has 5 rings (SSSR count). The first-order valence-electron chi connectivity index (χ1n) is 10.7. The fraction of sp³-hybridized carbons (Fsp3) is 0.455. The third-order valence-electron chi connectivity index (χ3n) is 5.84. The van der Waals surface area contributed by atoms with Crippen molar-refractivity contribution in [3.63, 3.8) is 0 Å². The van der Waals surface area contributed by atoms with E-state index in [1.54, 1.807) is 24.8 Å². The number of benzene rings is 1. The van der Waals surface area contributed by atoms with Gasteiger partial charge in [-0.1, -0.05) is 11.6 Å². The molecule has 0 atom stereocenters. The predicted molar refractivity (Wildman–Crippen MR) is 120 cm³/mol. The summed E-state index contributed by atoms with van der Waals surface area (Å²) in [5, 5.41) is 3.85. The number of ether oxygens (including phenoxy) is 2. The molecule has 1 saturated carbocycles. The molecular weight excluding hydrogens is 416 g/mol. The number of aromatic nitrogens is 4. The lowest BCUT2D eigenvalue weighted by atomic mass is 9.93. The molecule has 1 aliphatic heterocycles. The van der Waals surface area contributed by atoms with Crippen LogP contribution in [0.25, 0.3) is 11.0 Å². The quantitative estimate of drug-likeness (QED) is 0.642. The number of morpholine rings is 1. The number of halogens is 1. The Labute approximate surface area is 186 Å². The Hall–Kier alpha value is -2.71. The molecule has 3 heterocycles. The topological polar surface area (TPSA) is 85.3 Å². The molecule has 2 aliphatic rings. The fourth-order valence-corrected chi connectivity index (χ4v) is 4.32. The van der Waals surface area contributed by atoms with Gasteiger partial charge in [0.05, 0.1) is 37.2 Å². The number of hydrogen-bond acceptors (Lipinski definition) is 8. The molecule has 0 unspecified atom stereocenters. The Morgan fingerprint density at radius 3 is 2.55 bits per heavy atom. The summed E-state index contributed by atoms with van der Waals surface area (Å²) in [6, 6.07) is 4.55. The standard InChI is InChI=1S/C22H25ClN6O2/c23-20-13-27-21(14-26-20)28-15-1-3-17(4-2-15)31-19-12-16(29-7-9-30-10-8-29)11-18-22(19)25-6-5-24-18/h5-6,11-15,17H,1-4,7-10H2,(H,27,28)/t15-,17+. The Morgan fingerprint density at radius 1 is 0.968 bits per heavy atom. The average molecular weight is 441 g/mol. The third-order valence-corrected chi connectivity index (χ3v) is 6.04. The second kappa shape index (κ2) is 9.20. The highest BCUT2D eigenvalue weighted by Gasteiger charge is 2.24. The molecule has 1 N–H and O–H groups in total. The molecule has 3 aromatic rings. The van der Waals surface area contributed by atoms with Gasteiger partial charge in [0.25, 0.3) is 0 Å². The number of fused-ring (bicyclic) bond motifs is 1. The van der Waals surface area contributed by atoms with E-state index >= 15 is 0 Å². The molecule has 9 heteroatoms. The summed E-state index contributed by atoms with van der Waals surface area (Å²) in [7, 11) is 0. The van der Waals surface area contributed by atoms with E-state index in [-0.39, 0.29) is 6.10 Å². The number of anilines is 2. The van der Waals surface area contributed by atoms with E-state index in [1.165, 1.54) is 0 Å². The van der Waals surface area contributed by atoms with Crippen LogP contribution in [0.2, 0.25) is 5.15 Å². The normalized spacial score (nSPS) is 21.8. The zero-order valence-electron chi connectivity index (χ0n) is 17.2. The van der Waals surface area contributed by atoms with Crippen molar-refractivity contribution in [2.75, 3.05) is 36.5 Å². The minimum atomic E-state index is 0.152. The lowest BCUT2D eigenvalue weighted by Crippen LogP contribution is -2.36. The van der Waals surface area contributed by atoms with Crippen LogP contribution < -0.4 is 15.0 Å². The molecule has 1 aromatic carbocycles. The second-order valence-electron chi connectivity index (χ2n) is 7.93. The van der Waals surface area contributed by atoms with Crippen molar-refractivity contribution >= 4 is 34.1 Å². The Balaban J connectivity index is 1.27. The lowest BCUT2D eigenvalue weighted by molar-refractivity contribution is 0.122. The minimum Gasteiger partial charge on any atom is -0.488 e. The summed E-state index contributed by atoms with van der Waals surface area (Å²) in [5.41, 5.74) is 2.79. The summed E-state index contributed by atoms with van der Waals surface area (Å²) in [4.78, 5) is 19.7. The summed E-state index contributed by atoms with van der Waals surface area (Å²) in [6.45, 7) is 3.22. The van der Waals surface area contributed by atoms with Crippen molar-refractivity contribution in [1.82, 2.24) is 19.9 Å². The molecule has 8 nitrogen and oxygen atoms in total. The summed E-state index contributed by atoms with van der Waals surface area (Å²) in [5.74, 6) is 1.57. The van der Waals surface area contributed by atoms with Crippen LogP contribution in [-0.2, 0) is 4.74 Å². The Morgan fingerprint density at radius 2 is 1.77 bits per heavy atom. The van der Waals surface area contributed by atoms with Gasteiger partial charge in [-0.3, -0.25) is 4.98 Å². The van der Waals surface area contributed by atoms with Gasteiger partial charge in [0, 0.05) is 43.3 Å². The molecule has 0 spiro atoms. The molecule has 2 fully saturated rings. The fourth-order valence-electron chi connectivity index (χ4n) is 4.22.